The van der Waals surface area contributed by atoms with Gasteiger partial charge in [-0.1, -0.05) is 17.4 Å². The fourth-order valence-corrected chi connectivity index (χ4v) is 3.07. The number of H-pyrrole nitrogens is 1. The number of aromatic nitrogens is 2. The number of hydrogen-bond donors (Lipinski definition) is 3. The highest BCUT2D eigenvalue weighted by Crippen LogP contribution is 2.18. The second-order valence-electron chi connectivity index (χ2n) is 6.09. The van der Waals surface area contributed by atoms with Crippen molar-refractivity contribution >= 4 is 46.6 Å². The number of carbonyl (C=O) groups is 2. The lowest BCUT2D eigenvalue weighted by molar-refractivity contribution is -0.142. The molecule has 1 heterocycles. The Balaban J connectivity index is 2.08. The predicted molar refractivity (Wildman–Crippen MR) is 115 cm³/mol. The summed E-state index contributed by atoms with van der Waals surface area (Å²) in [5, 5.41) is 7.73. The third-order valence-electron chi connectivity index (χ3n) is 4.15. The molecule has 2 rings (SSSR count). The fraction of sp³-hybridized carbons (Fsp3) is 0.389. The molecular formula is C18H23Cl2N7O3. The van der Waals surface area contributed by atoms with Crippen LogP contribution in [0.15, 0.2) is 40.9 Å². The van der Waals surface area contributed by atoms with Gasteiger partial charge in [0.25, 0.3) is 5.91 Å². The number of amides is 1. The Kier molecular flexibility index (Phi) is 9.36. The minimum Gasteiger partial charge on any atom is -0.467 e. The summed E-state index contributed by atoms with van der Waals surface area (Å²) < 4.78 is 4.81. The van der Waals surface area contributed by atoms with Crippen molar-refractivity contribution in [3.05, 3.63) is 41.9 Å². The van der Waals surface area contributed by atoms with Gasteiger partial charge in [-0.15, -0.1) is 23.2 Å². The third-order valence-corrected chi connectivity index (χ3v) is 4.49. The number of alkyl halides is 2. The van der Waals surface area contributed by atoms with Crippen molar-refractivity contribution in [3.63, 3.8) is 0 Å². The van der Waals surface area contributed by atoms with Crippen molar-refractivity contribution in [2.24, 2.45) is 16.1 Å². The van der Waals surface area contributed by atoms with E-state index in [1.54, 1.807) is 0 Å². The second kappa shape index (κ2) is 12.0. The van der Waals surface area contributed by atoms with E-state index in [2.05, 4.69) is 30.6 Å². The maximum absolute atomic E-state index is 12.1. The summed E-state index contributed by atoms with van der Waals surface area (Å²) in [6.07, 6.45) is 1.56. The lowest BCUT2D eigenvalue weighted by Gasteiger charge is -2.23. The molecule has 0 aliphatic carbocycles. The number of aromatic amines is 1. The summed E-state index contributed by atoms with van der Waals surface area (Å²) in [5.41, 5.74) is 9.62. The summed E-state index contributed by atoms with van der Waals surface area (Å²) in [6, 6.07) is 6.76. The van der Waals surface area contributed by atoms with E-state index in [4.69, 9.17) is 33.7 Å². The number of methoxy groups -OCH3 is 1. The number of ether oxygens (including phenoxy) is 1. The number of benzene rings is 1. The van der Waals surface area contributed by atoms with Crippen LogP contribution >= 0.6 is 23.2 Å². The molecule has 0 aliphatic rings. The molecule has 0 fully saturated rings. The van der Waals surface area contributed by atoms with Crippen LogP contribution in [0.2, 0.25) is 0 Å². The Labute approximate surface area is 183 Å². The van der Waals surface area contributed by atoms with Gasteiger partial charge in [-0.25, -0.2) is 15.2 Å². The van der Waals surface area contributed by atoms with Gasteiger partial charge >= 0.3 is 5.97 Å². The largest absolute Gasteiger partial charge is 0.467 e. The van der Waals surface area contributed by atoms with E-state index in [1.165, 1.54) is 13.4 Å². The van der Waals surface area contributed by atoms with Crippen LogP contribution in [0.1, 0.15) is 16.1 Å². The highest BCUT2D eigenvalue weighted by Gasteiger charge is 2.20. The van der Waals surface area contributed by atoms with E-state index in [1.807, 2.05) is 24.3 Å². The van der Waals surface area contributed by atoms with Gasteiger partial charge in [0.1, 0.15) is 5.69 Å². The van der Waals surface area contributed by atoms with Crippen LogP contribution in [-0.4, -0.2) is 59.8 Å². The molecule has 1 atom stereocenters. The molecular weight excluding hydrogens is 433 g/mol. The van der Waals surface area contributed by atoms with Crippen LogP contribution in [0.5, 0.6) is 0 Å². The minimum absolute atomic E-state index is 0.0533. The molecule has 0 saturated carbocycles. The minimum atomic E-state index is -0.883. The van der Waals surface area contributed by atoms with Gasteiger partial charge in [0.2, 0.25) is 0 Å². The Morgan fingerprint density at radius 2 is 1.93 bits per heavy atom. The normalized spacial score (nSPS) is 12.0. The lowest BCUT2D eigenvalue weighted by atomic mass is 10.1. The molecule has 2 aromatic rings. The van der Waals surface area contributed by atoms with E-state index in [-0.39, 0.29) is 17.9 Å². The topological polar surface area (TPSA) is 138 Å². The highest BCUT2D eigenvalue weighted by molar-refractivity contribution is 6.18. The van der Waals surface area contributed by atoms with Gasteiger partial charge < -0.3 is 20.4 Å². The van der Waals surface area contributed by atoms with Gasteiger partial charge in [0, 0.05) is 37.0 Å². The summed E-state index contributed by atoms with van der Waals surface area (Å²) in [6.45, 7) is 1.36. The zero-order chi connectivity index (χ0) is 21.9. The number of halogens is 2. The van der Waals surface area contributed by atoms with Crippen molar-refractivity contribution in [3.8, 4) is 0 Å². The molecule has 0 radical (unpaired) electrons. The van der Waals surface area contributed by atoms with Crippen molar-refractivity contribution in [1.82, 2.24) is 9.97 Å². The van der Waals surface area contributed by atoms with Crippen LogP contribution in [0.3, 0.4) is 0 Å². The molecule has 30 heavy (non-hydrogen) atoms. The van der Waals surface area contributed by atoms with Crippen LogP contribution in [-0.2, 0) is 16.0 Å². The maximum Gasteiger partial charge on any atom is 0.332 e. The number of nitrogens with one attached hydrogen (secondary N) is 2. The number of nitrogens with zero attached hydrogens (tertiary/aromatic N) is 4. The van der Waals surface area contributed by atoms with Crippen molar-refractivity contribution in [1.29, 1.82) is 0 Å². The third kappa shape index (κ3) is 6.60. The predicted octanol–water partition coefficient (Wildman–Crippen LogP) is 2.36. The summed E-state index contributed by atoms with van der Waals surface area (Å²) in [7, 11) is 1.27. The van der Waals surface area contributed by atoms with Gasteiger partial charge in [0.05, 0.1) is 13.4 Å². The zero-order valence-corrected chi connectivity index (χ0v) is 17.9. The summed E-state index contributed by atoms with van der Waals surface area (Å²) >= 11 is 11.7. The number of rotatable bonds is 12. The van der Waals surface area contributed by atoms with Crippen molar-refractivity contribution < 1.29 is 14.3 Å². The first-order valence-electron chi connectivity index (χ1n) is 9.02. The van der Waals surface area contributed by atoms with Gasteiger partial charge in [0.15, 0.2) is 11.9 Å². The molecule has 0 saturated heterocycles. The Morgan fingerprint density at radius 1 is 1.27 bits per heavy atom. The molecule has 0 spiro atoms. The fourth-order valence-electron chi connectivity index (χ4n) is 2.66. The van der Waals surface area contributed by atoms with Gasteiger partial charge in [-0.3, -0.25) is 4.79 Å². The van der Waals surface area contributed by atoms with E-state index < -0.39 is 17.9 Å². The molecule has 0 bridgehead atoms. The molecule has 4 N–H and O–H groups in total. The molecule has 1 aromatic carbocycles. The van der Waals surface area contributed by atoms with Gasteiger partial charge in [-0.2, -0.15) is 5.11 Å². The van der Waals surface area contributed by atoms with Crippen molar-refractivity contribution in [2.75, 3.05) is 42.3 Å². The Bertz CT molecular complexity index is 852. The highest BCUT2D eigenvalue weighted by atomic mass is 35.5. The number of nitrogens with two attached hydrogens (primary N) is 1. The average molecular weight is 456 g/mol. The second-order valence-corrected chi connectivity index (χ2v) is 6.85. The summed E-state index contributed by atoms with van der Waals surface area (Å²) in [4.78, 5) is 31.9. The Hall–Kier alpha value is -2.85. The SMILES string of the molecule is COC(=O)[C@@H](Cc1ccc(N(CCCl)CCCl)cc1)N=NNc1nc[nH]c1C(N)=O. The van der Waals surface area contributed by atoms with Crippen LogP contribution < -0.4 is 16.1 Å². The first-order chi connectivity index (χ1) is 14.5. The van der Waals surface area contributed by atoms with E-state index >= 15 is 0 Å². The monoisotopic (exact) mass is 455 g/mol. The maximum atomic E-state index is 12.1. The number of carbonyl (C=O) groups excluding carboxylic acids is 2. The summed E-state index contributed by atoms with van der Waals surface area (Å²) in [5.74, 6) is -0.161. The zero-order valence-electron chi connectivity index (χ0n) is 16.3. The van der Waals surface area contributed by atoms with Crippen LogP contribution in [0, 0.1) is 0 Å². The molecule has 1 amide bonds. The molecule has 0 unspecified atom stereocenters. The molecule has 0 aliphatic heterocycles. The molecule has 162 valence electrons. The van der Waals surface area contributed by atoms with E-state index in [9.17, 15) is 9.59 Å². The first kappa shape index (κ1) is 23.4. The van der Waals surface area contributed by atoms with Gasteiger partial charge in [-0.05, 0) is 17.7 Å². The first-order valence-corrected chi connectivity index (χ1v) is 10.1. The quantitative estimate of drug-likeness (QED) is 0.194. The number of hydrogen-bond acceptors (Lipinski definition) is 7. The van der Waals surface area contributed by atoms with Crippen molar-refractivity contribution in [2.45, 2.75) is 12.5 Å². The molecule has 12 heteroatoms. The lowest BCUT2D eigenvalue weighted by Crippen LogP contribution is -2.27. The molecule has 1 aromatic heterocycles. The number of primary amides is 1. The smallest absolute Gasteiger partial charge is 0.332 e. The van der Waals surface area contributed by atoms with E-state index in [0.29, 0.717) is 24.8 Å². The Morgan fingerprint density at radius 3 is 2.50 bits per heavy atom. The molecule has 10 nitrogen and oxygen atoms in total. The number of esters is 1. The number of anilines is 2. The van der Waals surface area contributed by atoms with E-state index in [0.717, 1.165) is 11.3 Å². The number of imidazole rings is 1. The van der Waals surface area contributed by atoms with Crippen LogP contribution in [0.25, 0.3) is 0 Å². The van der Waals surface area contributed by atoms with Crippen LogP contribution in [0.4, 0.5) is 11.5 Å². The average Bonchev–Trinajstić information content (AvgIpc) is 3.22. The standard InChI is InChI=1S/C18H23Cl2N7O3/c1-30-18(29)14(24-26-25-17-15(16(21)28)22-11-23-17)10-12-2-4-13(5-3-12)27(8-6-19)9-7-20/h2-5,11,14H,6-10H2,1H3,(H2,21,28)(H,22,23)(H,24,25)/t14-/m1/s1.